The summed E-state index contributed by atoms with van der Waals surface area (Å²) in [5, 5.41) is 3.74. The summed E-state index contributed by atoms with van der Waals surface area (Å²) in [6.07, 6.45) is 3.50. The van der Waals surface area contributed by atoms with E-state index in [1.165, 1.54) is 27.8 Å². The lowest BCUT2D eigenvalue weighted by Crippen LogP contribution is -2.28. The molecule has 8 heteroatoms. The van der Waals surface area contributed by atoms with Gasteiger partial charge in [-0.15, -0.1) is 11.3 Å². The van der Waals surface area contributed by atoms with Gasteiger partial charge < -0.3 is 5.32 Å². The van der Waals surface area contributed by atoms with Crippen molar-refractivity contribution in [2.24, 2.45) is 0 Å². The molecule has 2 heterocycles. The minimum absolute atomic E-state index is 0.172. The molecule has 1 N–H and O–H groups in total. The van der Waals surface area contributed by atoms with Crippen LogP contribution in [0.4, 0.5) is 0 Å². The normalized spacial score (nSPS) is 15.5. The number of hydrogen-bond donors (Lipinski definition) is 1. The molecule has 0 atom stereocenters. The lowest BCUT2D eigenvalue weighted by Gasteiger charge is -2.16. The maximum atomic E-state index is 12.6. The van der Waals surface area contributed by atoms with E-state index in [2.05, 4.69) is 10.3 Å². The molecule has 1 aromatic heterocycles. The van der Waals surface area contributed by atoms with Crippen LogP contribution in [0.2, 0.25) is 0 Å². The average Bonchev–Trinajstić information content (AvgIpc) is 3.24. The van der Waals surface area contributed by atoms with Crippen molar-refractivity contribution < 1.29 is 13.2 Å². The number of sulfonamides is 1. The van der Waals surface area contributed by atoms with E-state index in [-0.39, 0.29) is 10.8 Å². The van der Waals surface area contributed by atoms with Crippen LogP contribution in [0.15, 0.2) is 35.4 Å². The first-order valence-corrected chi connectivity index (χ1v) is 10.0. The minimum atomic E-state index is -3.51. The summed E-state index contributed by atoms with van der Waals surface area (Å²) in [5.41, 5.74) is 0.344. The Bertz CT molecular complexity index is 840. The van der Waals surface area contributed by atoms with Crippen LogP contribution in [-0.2, 0) is 16.6 Å². The molecule has 0 aliphatic carbocycles. The first-order chi connectivity index (χ1) is 11.5. The van der Waals surface area contributed by atoms with Crippen molar-refractivity contribution in [3.8, 4) is 0 Å². The zero-order valence-corrected chi connectivity index (χ0v) is 15.0. The molecule has 2 aromatic rings. The number of thiazole rings is 1. The molecule has 0 unspecified atom stereocenters. The van der Waals surface area contributed by atoms with Crippen molar-refractivity contribution in [1.82, 2.24) is 14.6 Å². The Labute approximate surface area is 145 Å². The molecule has 1 aliphatic heterocycles. The smallest absolute Gasteiger partial charge is 0.251 e. The zero-order valence-electron chi connectivity index (χ0n) is 13.4. The van der Waals surface area contributed by atoms with Gasteiger partial charge in [0.2, 0.25) is 10.0 Å². The van der Waals surface area contributed by atoms with E-state index >= 15 is 0 Å². The molecule has 1 aromatic carbocycles. The molecule has 1 amide bonds. The number of benzene rings is 1. The van der Waals surface area contributed by atoms with Crippen LogP contribution >= 0.6 is 11.3 Å². The van der Waals surface area contributed by atoms with Crippen molar-refractivity contribution in [2.45, 2.75) is 31.2 Å². The van der Waals surface area contributed by atoms with Crippen molar-refractivity contribution in [3.05, 3.63) is 45.9 Å². The Balaban J connectivity index is 1.73. The number of nitrogens with one attached hydrogen (secondary N) is 1. The highest BCUT2D eigenvalue weighted by atomic mass is 32.2. The van der Waals surface area contributed by atoms with Gasteiger partial charge in [0.15, 0.2) is 0 Å². The van der Waals surface area contributed by atoms with E-state index < -0.39 is 10.0 Å². The van der Waals surface area contributed by atoms with Gasteiger partial charge in [-0.25, -0.2) is 13.4 Å². The lowest BCUT2D eigenvalue weighted by atomic mass is 10.2. The largest absolute Gasteiger partial charge is 0.347 e. The van der Waals surface area contributed by atoms with Crippen LogP contribution in [-0.4, -0.2) is 36.7 Å². The first-order valence-electron chi connectivity index (χ1n) is 7.76. The molecule has 3 rings (SSSR count). The van der Waals surface area contributed by atoms with E-state index in [0.29, 0.717) is 25.2 Å². The number of carbonyl (C=O) groups is 1. The zero-order chi connectivity index (χ0) is 17.2. The molecule has 6 nitrogen and oxygen atoms in total. The molecule has 24 heavy (non-hydrogen) atoms. The highest BCUT2D eigenvalue weighted by Crippen LogP contribution is 2.21. The summed E-state index contributed by atoms with van der Waals surface area (Å²) in [6, 6.07) is 6.21. The van der Waals surface area contributed by atoms with E-state index in [1.807, 2.05) is 6.92 Å². The minimum Gasteiger partial charge on any atom is -0.347 e. The predicted octanol–water partition coefficient (Wildman–Crippen LogP) is 2.17. The molecule has 1 aliphatic rings. The first kappa shape index (κ1) is 17.1. The third-order valence-corrected chi connectivity index (χ3v) is 6.70. The van der Waals surface area contributed by atoms with Gasteiger partial charge in [0.05, 0.1) is 16.4 Å². The van der Waals surface area contributed by atoms with Gasteiger partial charge in [0.25, 0.3) is 5.91 Å². The summed E-state index contributed by atoms with van der Waals surface area (Å²) >= 11 is 1.52. The number of carbonyl (C=O) groups excluding carboxylic acids is 1. The second kappa shape index (κ2) is 7.00. The maximum Gasteiger partial charge on any atom is 0.251 e. The molecule has 0 spiro atoms. The molecular weight excluding hydrogens is 346 g/mol. The number of aryl methyl sites for hydroxylation is 1. The second-order valence-corrected chi connectivity index (χ2v) is 8.92. The number of rotatable bonds is 5. The lowest BCUT2D eigenvalue weighted by molar-refractivity contribution is 0.0951. The monoisotopic (exact) mass is 365 g/mol. The van der Waals surface area contributed by atoms with Crippen LogP contribution in [0.25, 0.3) is 0 Å². The van der Waals surface area contributed by atoms with E-state index in [0.717, 1.165) is 22.7 Å². The van der Waals surface area contributed by atoms with Gasteiger partial charge in [-0.05, 0) is 38.0 Å². The van der Waals surface area contributed by atoms with E-state index in [4.69, 9.17) is 0 Å². The SMILES string of the molecule is Cc1ncc(CNC(=O)c2cccc(S(=O)(=O)N3CCCC3)c2)s1. The summed E-state index contributed by atoms with van der Waals surface area (Å²) < 4.78 is 26.6. The standard InChI is InChI=1S/C16H19N3O3S2/c1-12-17-10-14(23-12)11-18-16(20)13-5-4-6-15(9-13)24(21,22)19-7-2-3-8-19/h4-6,9-10H,2-3,7-8,11H2,1H3,(H,18,20). The van der Waals surface area contributed by atoms with Crippen molar-refractivity contribution in [2.75, 3.05) is 13.1 Å². The number of hydrogen-bond acceptors (Lipinski definition) is 5. The highest BCUT2D eigenvalue weighted by Gasteiger charge is 2.27. The Morgan fingerprint density at radius 2 is 2.08 bits per heavy atom. The van der Waals surface area contributed by atoms with Gasteiger partial charge in [0.1, 0.15) is 0 Å². The molecule has 0 radical (unpaired) electrons. The molecular formula is C16H19N3O3S2. The Morgan fingerprint density at radius 3 is 2.75 bits per heavy atom. The van der Waals surface area contributed by atoms with Crippen LogP contribution in [0.5, 0.6) is 0 Å². The fourth-order valence-corrected chi connectivity index (χ4v) is 4.93. The topological polar surface area (TPSA) is 79.4 Å². The second-order valence-electron chi connectivity index (χ2n) is 5.67. The Hall–Kier alpha value is -1.77. The molecule has 0 saturated carbocycles. The number of nitrogens with zero attached hydrogens (tertiary/aromatic N) is 2. The number of amides is 1. The molecule has 128 valence electrons. The quantitative estimate of drug-likeness (QED) is 0.881. The van der Waals surface area contributed by atoms with Crippen LogP contribution < -0.4 is 5.32 Å². The molecule has 1 saturated heterocycles. The fraction of sp³-hybridized carbons (Fsp3) is 0.375. The summed E-state index contributed by atoms with van der Waals surface area (Å²) in [5.74, 6) is -0.292. The average molecular weight is 365 g/mol. The number of aromatic nitrogens is 1. The Kier molecular flexibility index (Phi) is 4.98. The van der Waals surface area contributed by atoms with Crippen molar-refractivity contribution >= 4 is 27.3 Å². The Morgan fingerprint density at radius 1 is 1.33 bits per heavy atom. The summed E-state index contributed by atoms with van der Waals surface area (Å²) in [6.45, 7) is 3.38. The van der Waals surface area contributed by atoms with Gasteiger partial charge in [-0.2, -0.15) is 4.31 Å². The van der Waals surface area contributed by atoms with Crippen molar-refractivity contribution in [1.29, 1.82) is 0 Å². The highest BCUT2D eigenvalue weighted by molar-refractivity contribution is 7.89. The van der Waals surface area contributed by atoms with Crippen molar-refractivity contribution in [3.63, 3.8) is 0 Å². The third-order valence-electron chi connectivity index (χ3n) is 3.89. The van der Waals surface area contributed by atoms with E-state index in [1.54, 1.807) is 18.3 Å². The maximum absolute atomic E-state index is 12.6. The van der Waals surface area contributed by atoms with Gasteiger partial charge >= 0.3 is 0 Å². The van der Waals surface area contributed by atoms with Gasteiger partial charge in [-0.1, -0.05) is 6.07 Å². The third kappa shape index (κ3) is 3.66. The van der Waals surface area contributed by atoms with Crippen LogP contribution in [0, 0.1) is 6.92 Å². The fourth-order valence-electron chi connectivity index (χ4n) is 2.63. The molecule has 0 bridgehead atoms. The summed E-state index contributed by atoms with van der Waals surface area (Å²) in [7, 11) is -3.51. The van der Waals surface area contributed by atoms with E-state index in [9.17, 15) is 13.2 Å². The summed E-state index contributed by atoms with van der Waals surface area (Å²) in [4.78, 5) is 17.6. The van der Waals surface area contributed by atoms with Gasteiger partial charge in [-0.3, -0.25) is 4.79 Å². The van der Waals surface area contributed by atoms with Crippen LogP contribution in [0.1, 0.15) is 33.1 Å². The van der Waals surface area contributed by atoms with Crippen LogP contribution in [0.3, 0.4) is 0 Å². The molecule has 1 fully saturated rings. The van der Waals surface area contributed by atoms with Gasteiger partial charge in [0, 0.05) is 29.7 Å². The predicted molar refractivity (Wildman–Crippen MR) is 92.5 cm³/mol.